The van der Waals surface area contributed by atoms with E-state index in [1.165, 1.54) is 16.7 Å². The van der Waals surface area contributed by atoms with Gasteiger partial charge in [0.1, 0.15) is 12.4 Å². The fraction of sp³-hybridized carbons (Fsp3) is 0.278. The zero-order valence-electron chi connectivity index (χ0n) is 12.1. The Balaban J connectivity index is 2.22. The van der Waals surface area contributed by atoms with Gasteiger partial charge in [0.05, 0.1) is 0 Å². The predicted octanol–water partition coefficient (Wildman–Crippen LogP) is 4.32. The fourth-order valence-electron chi connectivity index (χ4n) is 2.83. The van der Waals surface area contributed by atoms with Gasteiger partial charge in [0.25, 0.3) is 0 Å². The number of carbonyl (C=O) groups is 1. The summed E-state index contributed by atoms with van der Waals surface area (Å²) < 4.78 is 5.84. The number of ether oxygens (including phenoxy) is 1. The lowest BCUT2D eigenvalue weighted by atomic mass is 9.91. The maximum Gasteiger partial charge on any atom is 0.160 e. The second kappa shape index (κ2) is 4.78. The zero-order chi connectivity index (χ0) is 14.3. The summed E-state index contributed by atoms with van der Waals surface area (Å²) in [6, 6.07) is 10.5. The second-order valence-electron chi connectivity index (χ2n) is 5.36. The zero-order valence-corrected chi connectivity index (χ0v) is 12.1. The highest BCUT2D eigenvalue weighted by Crippen LogP contribution is 2.39. The molecule has 0 atom stereocenters. The van der Waals surface area contributed by atoms with Crippen LogP contribution in [0.2, 0.25) is 0 Å². The maximum atomic E-state index is 11.7. The van der Waals surface area contributed by atoms with E-state index >= 15 is 0 Å². The molecule has 0 spiro atoms. The largest absolute Gasteiger partial charge is 0.488 e. The Labute approximate surface area is 119 Å². The van der Waals surface area contributed by atoms with Crippen LogP contribution in [0.25, 0.3) is 11.1 Å². The van der Waals surface area contributed by atoms with Crippen LogP contribution in [0.15, 0.2) is 30.3 Å². The first-order valence-electron chi connectivity index (χ1n) is 7.00. The molecule has 0 radical (unpaired) electrons. The fourth-order valence-corrected chi connectivity index (χ4v) is 2.83. The van der Waals surface area contributed by atoms with Crippen molar-refractivity contribution in [3.8, 4) is 16.9 Å². The van der Waals surface area contributed by atoms with Gasteiger partial charge in [-0.2, -0.15) is 0 Å². The van der Waals surface area contributed by atoms with Crippen LogP contribution in [-0.4, -0.2) is 5.78 Å². The number of benzene rings is 2. The topological polar surface area (TPSA) is 26.3 Å². The Kier molecular flexibility index (Phi) is 3.09. The van der Waals surface area contributed by atoms with E-state index in [0.29, 0.717) is 6.61 Å². The number of rotatable bonds is 2. The second-order valence-corrected chi connectivity index (χ2v) is 5.36. The molecular formula is C18H18O2. The summed E-state index contributed by atoms with van der Waals surface area (Å²) in [6.07, 6.45) is 0.851. The highest BCUT2D eigenvalue weighted by Gasteiger charge is 2.20. The molecule has 0 fully saturated rings. The molecule has 20 heavy (non-hydrogen) atoms. The van der Waals surface area contributed by atoms with E-state index in [9.17, 15) is 4.79 Å². The van der Waals surface area contributed by atoms with Gasteiger partial charge in [-0.05, 0) is 49.1 Å². The number of ketones is 1. The summed E-state index contributed by atoms with van der Waals surface area (Å²) in [6.45, 7) is 6.36. The van der Waals surface area contributed by atoms with Crippen LogP contribution >= 0.6 is 0 Å². The lowest BCUT2D eigenvalue weighted by Gasteiger charge is -2.23. The number of hydrogen-bond acceptors (Lipinski definition) is 2. The molecular weight excluding hydrogens is 248 g/mol. The summed E-state index contributed by atoms with van der Waals surface area (Å²) in [7, 11) is 0. The Morgan fingerprint density at radius 3 is 2.70 bits per heavy atom. The van der Waals surface area contributed by atoms with Gasteiger partial charge in [-0.1, -0.05) is 30.7 Å². The third kappa shape index (κ3) is 2.01. The lowest BCUT2D eigenvalue weighted by Crippen LogP contribution is -2.09. The van der Waals surface area contributed by atoms with Gasteiger partial charge in [-0.15, -0.1) is 0 Å². The van der Waals surface area contributed by atoms with Crippen molar-refractivity contribution in [3.05, 3.63) is 52.6 Å². The average Bonchev–Trinajstić information content (AvgIpc) is 2.45. The maximum absolute atomic E-state index is 11.7. The third-order valence-electron chi connectivity index (χ3n) is 3.90. The van der Waals surface area contributed by atoms with Crippen molar-refractivity contribution < 1.29 is 9.53 Å². The van der Waals surface area contributed by atoms with E-state index in [1.807, 2.05) is 6.07 Å². The van der Waals surface area contributed by atoms with Gasteiger partial charge in [-0.25, -0.2) is 0 Å². The number of Topliss-reactive ketones (excluding diaryl/α,β-unsaturated/α-hetero) is 1. The highest BCUT2D eigenvalue weighted by molar-refractivity contribution is 5.97. The van der Waals surface area contributed by atoms with Gasteiger partial charge in [0.2, 0.25) is 0 Å². The van der Waals surface area contributed by atoms with Crippen LogP contribution in [0.4, 0.5) is 0 Å². The van der Waals surface area contributed by atoms with Crippen LogP contribution in [0.1, 0.15) is 40.9 Å². The summed E-state index contributed by atoms with van der Waals surface area (Å²) in [5.74, 6) is 0.923. The van der Waals surface area contributed by atoms with E-state index in [1.54, 1.807) is 6.92 Å². The first-order chi connectivity index (χ1) is 9.60. The minimum atomic E-state index is 0.1000. The average molecular weight is 266 g/mol. The van der Waals surface area contributed by atoms with Crippen molar-refractivity contribution in [3.63, 3.8) is 0 Å². The van der Waals surface area contributed by atoms with E-state index in [-0.39, 0.29) is 5.78 Å². The molecule has 0 amide bonds. The minimum absolute atomic E-state index is 0.1000. The van der Waals surface area contributed by atoms with Crippen molar-refractivity contribution in [2.75, 3.05) is 0 Å². The number of hydrogen-bond donors (Lipinski definition) is 0. The summed E-state index contributed by atoms with van der Waals surface area (Å²) in [4.78, 5) is 11.7. The first-order valence-corrected chi connectivity index (χ1v) is 7.00. The van der Waals surface area contributed by atoms with Crippen molar-refractivity contribution in [2.24, 2.45) is 0 Å². The van der Waals surface area contributed by atoms with Gasteiger partial charge < -0.3 is 4.74 Å². The van der Waals surface area contributed by atoms with Crippen molar-refractivity contribution in [2.45, 2.75) is 33.8 Å². The molecule has 0 saturated heterocycles. The van der Waals surface area contributed by atoms with Crippen LogP contribution in [-0.2, 0) is 13.0 Å². The molecule has 1 aliphatic heterocycles. The van der Waals surface area contributed by atoms with E-state index < -0.39 is 0 Å². The molecule has 2 aromatic rings. The molecule has 3 rings (SSSR count). The van der Waals surface area contributed by atoms with Crippen LogP contribution in [0.3, 0.4) is 0 Å². The summed E-state index contributed by atoms with van der Waals surface area (Å²) >= 11 is 0. The van der Waals surface area contributed by atoms with E-state index in [0.717, 1.165) is 28.9 Å². The molecule has 0 aliphatic carbocycles. The molecule has 1 aliphatic rings. The van der Waals surface area contributed by atoms with Crippen molar-refractivity contribution >= 4 is 5.78 Å². The minimum Gasteiger partial charge on any atom is -0.488 e. The van der Waals surface area contributed by atoms with Gasteiger partial charge in [0.15, 0.2) is 5.78 Å². The van der Waals surface area contributed by atoms with E-state index in [4.69, 9.17) is 4.74 Å². The molecule has 2 aromatic carbocycles. The number of aryl methyl sites for hydroxylation is 2. The standard InChI is InChI=1S/C18H18O2/c1-4-13-8-17-15-6-5-11(2)7-14(15)10-20-18(17)9-16(13)12(3)19/h5-9H,4,10H2,1-3H3. The molecule has 0 bridgehead atoms. The van der Waals surface area contributed by atoms with Gasteiger partial charge >= 0.3 is 0 Å². The SMILES string of the molecule is CCc1cc2c(cc1C(C)=O)OCc1cc(C)ccc1-2. The van der Waals surface area contributed by atoms with E-state index in [2.05, 4.69) is 38.1 Å². The number of carbonyl (C=O) groups excluding carboxylic acids is 1. The first kappa shape index (κ1) is 12.9. The molecule has 102 valence electrons. The summed E-state index contributed by atoms with van der Waals surface area (Å²) in [5, 5.41) is 0. The normalized spacial score (nSPS) is 12.3. The van der Waals surface area contributed by atoms with Crippen molar-refractivity contribution in [1.29, 1.82) is 0 Å². The monoisotopic (exact) mass is 266 g/mol. The molecule has 0 N–H and O–H groups in total. The lowest BCUT2D eigenvalue weighted by molar-refractivity contribution is 0.101. The molecule has 2 heteroatoms. The molecule has 2 nitrogen and oxygen atoms in total. The quantitative estimate of drug-likeness (QED) is 0.757. The van der Waals surface area contributed by atoms with Gasteiger partial charge in [-0.3, -0.25) is 4.79 Å². The third-order valence-corrected chi connectivity index (χ3v) is 3.90. The summed E-state index contributed by atoms with van der Waals surface area (Å²) in [5.41, 5.74) is 6.66. The molecule has 0 unspecified atom stereocenters. The number of fused-ring (bicyclic) bond motifs is 3. The molecule has 0 saturated carbocycles. The van der Waals surface area contributed by atoms with Gasteiger partial charge in [0, 0.05) is 11.1 Å². The van der Waals surface area contributed by atoms with Crippen LogP contribution in [0, 0.1) is 6.92 Å². The Morgan fingerprint density at radius 1 is 1.20 bits per heavy atom. The Morgan fingerprint density at radius 2 is 2.00 bits per heavy atom. The smallest absolute Gasteiger partial charge is 0.160 e. The Hall–Kier alpha value is -2.09. The predicted molar refractivity (Wildman–Crippen MR) is 80.3 cm³/mol. The Bertz CT molecular complexity index is 699. The molecule has 1 heterocycles. The van der Waals surface area contributed by atoms with Crippen LogP contribution < -0.4 is 4.74 Å². The van der Waals surface area contributed by atoms with Crippen molar-refractivity contribution in [1.82, 2.24) is 0 Å². The van der Waals surface area contributed by atoms with Crippen LogP contribution in [0.5, 0.6) is 5.75 Å². The molecule has 0 aromatic heterocycles. The highest BCUT2D eigenvalue weighted by atomic mass is 16.5.